The molecule has 8 nitrogen and oxygen atoms in total. The van der Waals surface area contributed by atoms with Crippen LogP contribution in [0.1, 0.15) is 34.5 Å². The van der Waals surface area contributed by atoms with Crippen molar-refractivity contribution < 1.29 is 13.9 Å². The fraction of sp³-hybridized carbons (Fsp3) is 0.200. The van der Waals surface area contributed by atoms with Gasteiger partial charge in [-0.25, -0.2) is 14.4 Å². The molecule has 2 aromatic heterocycles. The molecule has 0 aliphatic carbocycles. The van der Waals surface area contributed by atoms with Crippen molar-refractivity contribution in [2.75, 3.05) is 13.2 Å². The van der Waals surface area contributed by atoms with Crippen LogP contribution in [-0.2, 0) is 4.74 Å². The lowest BCUT2D eigenvalue weighted by Gasteiger charge is -2.14. The molecule has 1 aromatic carbocycles. The van der Waals surface area contributed by atoms with Crippen molar-refractivity contribution in [1.82, 2.24) is 19.5 Å². The highest BCUT2D eigenvalue weighted by Gasteiger charge is 2.25. The summed E-state index contributed by atoms with van der Waals surface area (Å²) in [6.45, 7) is 1.15. The molecule has 0 spiro atoms. The number of primary amides is 1. The van der Waals surface area contributed by atoms with Gasteiger partial charge in [0.1, 0.15) is 17.3 Å². The van der Waals surface area contributed by atoms with Gasteiger partial charge in [-0.1, -0.05) is 11.6 Å². The van der Waals surface area contributed by atoms with Crippen LogP contribution in [0.15, 0.2) is 36.8 Å². The smallest absolute Gasteiger partial charge is 0.266 e. The third-order valence-electron chi connectivity index (χ3n) is 4.81. The number of benzene rings is 1. The van der Waals surface area contributed by atoms with Crippen molar-refractivity contribution in [3.63, 3.8) is 0 Å². The Kier molecular flexibility index (Phi) is 5.47. The summed E-state index contributed by atoms with van der Waals surface area (Å²) in [6, 6.07) is 4.37. The molecule has 154 valence electrons. The number of carbonyl (C=O) groups excluding carboxylic acids is 1. The van der Waals surface area contributed by atoms with Gasteiger partial charge in [0, 0.05) is 12.2 Å². The normalized spacial score (nSPS) is 16.4. The summed E-state index contributed by atoms with van der Waals surface area (Å²) in [5.74, 6) is -0.758. The van der Waals surface area contributed by atoms with Gasteiger partial charge in [-0.3, -0.25) is 10.2 Å². The van der Waals surface area contributed by atoms with E-state index in [1.54, 1.807) is 24.5 Å². The van der Waals surface area contributed by atoms with Crippen LogP contribution in [0.25, 0.3) is 17.3 Å². The lowest BCUT2D eigenvalue weighted by molar-refractivity contribution is 0.0996. The molecule has 1 amide bonds. The maximum Gasteiger partial charge on any atom is 0.266 e. The minimum Gasteiger partial charge on any atom is -0.379 e. The number of H-pyrrole nitrogens is 1. The molecule has 0 radical (unpaired) electrons. The number of hydrogen-bond donors (Lipinski definition) is 3. The quantitative estimate of drug-likeness (QED) is 0.521. The van der Waals surface area contributed by atoms with Gasteiger partial charge in [0.2, 0.25) is 0 Å². The molecule has 10 heteroatoms. The number of allylic oxidation sites excluding steroid dienone is 1. The van der Waals surface area contributed by atoms with E-state index in [1.807, 2.05) is 4.57 Å². The first-order chi connectivity index (χ1) is 14.4. The van der Waals surface area contributed by atoms with Crippen molar-refractivity contribution in [2.45, 2.75) is 12.5 Å². The molecule has 1 saturated heterocycles. The molecule has 3 aromatic rings. The van der Waals surface area contributed by atoms with Crippen molar-refractivity contribution in [1.29, 1.82) is 5.41 Å². The summed E-state index contributed by atoms with van der Waals surface area (Å²) in [6.07, 6.45) is 6.89. The largest absolute Gasteiger partial charge is 0.379 e. The average molecular weight is 429 g/mol. The van der Waals surface area contributed by atoms with E-state index in [-0.39, 0.29) is 22.5 Å². The van der Waals surface area contributed by atoms with Crippen molar-refractivity contribution in [3.8, 4) is 11.3 Å². The molecule has 30 heavy (non-hydrogen) atoms. The molecule has 0 saturated carbocycles. The van der Waals surface area contributed by atoms with Crippen molar-refractivity contribution in [2.24, 2.45) is 5.73 Å². The van der Waals surface area contributed by atoms with E-state index in [1.165, 1.54) is 18.3 Å². The number of aromatic amines is 1. The Balaban J connectivity index is 1.72. The summed E-state index contributed by atoms with van der Waals surface area (Å²) < 4.78 is 21.0. The minimum absolute atomic E-state index is 0.0196. The van der Waals surface area contributed by atoms with Crippen LogP contribution in [-0.4, -0.2) is 44.4 Å². The second kappa shape index (κ2) is 8.21. The fourth-order valence-corrected chi connectivity index (χ4v) is 3.47. The van der Waals surface area contributed by atoms with Gasteiger partial charge < -0.3 is 20.0 Å². The number of imidazole rings is 2. The van der Waals surface area contributed by atoms with E-state index < -0.39 is 11.7 Å². The third kappa shape index (κ3) is 3.89. The zero-order chi connectivity index (χ0) is 21.3. The lowest BCUT2D eigenvalue weighted by Crippen LogP contribution is -2.14. The highest BCUT2D eigenvalue weighted by atomic mass is 35.5. The van der Waals surface area contributed by atoms with Gasteiger partial charge in [0.05, 0.1) is 47.3 Å². The molecule has 1 aliphatic heterocycles. The van der Waals surface area contributed by atoms with Gasteiger partial charge in [0.25, 0.3) is 5.91 Å². The zero-order valence-corrected chi connectivity index (χ0v) is 16.5. The molecule has 3 heterocycles. The van der Waals surface area contributed by atoms with Gasteiger partial charge in [-0.05, 0) is 36.8 Å². The van der Waals surface area contributed by atoms with Crippen LogP contribution < -0.4 is 5.73 Å². The number of aromatic nitrogens is 4. The predicted molar refractivity (Wildman–Crippen MR) is 110 cm³/mol. The monoisotopic (exact) mass is 428 g/mol. The fourth-order valence-electron chi connectivity index (χ4n) is 3.29. The van der Waals surface area contributed by atoms with Gasteiger partial charge in [-0.15, -0.1) is 0 Å². The number of amides is 1. The number of hydrogen-bond acceptors (Lipinski definition) is 5. The summed E-state index contributed by atoms with van der Waals surface area (Å²) in [7, 11) is 0. The van der Waals surface area contributed by atoms with Crippen LogP contribution in [0.5, 0.6) is 0 Å². The van der Waals surface area contributed by atoms with E-state index in [0.717, 1.165) is 6.42 Å². The van der Waals surface area contributed by atoms with Crippen LogP contribution in [0, 0.1) is 11.2 Å². The van der Waals surface area contributed by atoms with E-state index in [0.29, 0.717) is 36.0 Å². The number of ether oxygens (including phenoxy) is 1. The number of nitrogens with zero attached hydrogens (tertiary/aromatic N) is 3. The Labute approximate surface area is 176 Å². The molecule has 1 fully saturated rings. The van der Waals surface area contributed by atoms with E-state index in [9.17, 15) is 9.18 Å². The van der Waals surface area contributed by atoms with Gasteiger partial charge in [0.15, 0.2) is 0 Å². The SMILES string of the molecule is N=C(/C=C\c1ncc(C(N)=O)[nH]1)c1c(-c2ccc(F)c(Cl)c2)ncn1C1CCOC1. The minimum atomic E-state index is -0.619. The first kappa shape index (κ1) is 20.0. The van der Waals surface area contributed by atoms with Crippen LogP contribution in [0.2, 0.25) is 5.02 Å². The lowest BCUT2D eigenvalue weighted by atomic mass is 10.1. The molecule has 0 bridgehead atoms. The first-order valence-corrected chi connectivity index (χ1v) is 9.53. The number of halogens is 2. The highest BCUT2D eigenvalue weighted by molar-refractivity contribution is 6.31. The summed E-state index contributed by atoms with van der Waals surface area (Å²) >= 11 is 5.95. The third-order valence-corrected chi connectivity index (χ3v) is 5.10. The molecule has 4 rings (SSSR count). The second-order valence-corrected chi connectivity index (χ2v) is 7.20. The first-order valence-electron chi connectivity index (χ1n) is 9.16. The van der Waals surface area contributed by atoms with Crippen LogP contribution in [0.3, 0.4) is 0 Å². The predicted octanol–water partition coefficient (Wildman–Crippen LogP) is 3.21. The summed E-state index contributed by atoms with van der Waals surface area (Å²) in [5.41, 5.74) is 7.21. The topological polar surface area (TPSA) is 123 Å². The van der Waals surface area contributed by atoms with Crippen LogP contribution >= 0.6 is 11.6 Å². The molecular weight excluding hydrogens is 411 g/mol. The molecular formula is C20H18ClFN6O2. The Hall–Kier alpha value is -3.30. The number of carbonyl (C=O) groups is 1. The maximum absolute atomic E-state index is 13.6. The molecule has 4 N–H and O–H groups in total. The van der Waals surface area contributed by atoms with Gasteiger partial charge in [-0.2, -0.15) is 0 Å². The Morgan fingerprint density at radius 3 is 2.93 bits per heavy atom. The van der Waals surface area contributed by atoms with E-state index in [4.69, 9.17) is 27.5 Å². The van der Waals surface area contributed by atoms with Crippen molar-refractivity contribution in [3.05, 3.63) is 64.9 Å². The number of nitrogens with one attached hydrogen (secondary N) is 2. The Morgan fingerprint density at radius 1 is 1.43 bits per heavy atom. The Morgan fingerprint density at radius 2 is 2.27 bits per heavy atom. The summed E-state index contributed by atoms with van der Waals surface area (Å²) in [5, 5.41) is 8.63. The van der Waals surface area contributed by atoms with Gasteiger partial charge >= 0.3 is 0 Å². The molecule has 1 unspecified atom stereocenters. The number of rotatable bonds is 6. The maximum atomic E-state index is 13.6. The standard InChI is InChI=1S/C20H18ClFN6O2/c21-13-7-11(1-2-14(13)22)18-19(28(10-26-18)12-5-6-30-9-12)15(23)3-4-17-25-8-16(27-17)20(24)29/h1-4,7-8,10,12,23H,5-6,9H2,(H2,24,29)(H,25,27)/b4-3-,23-15?. The van der Waals surface area contributed by atoms with Crippen LogP contribution in [0.4, 0.5) is 4.39 Å². The summed E-state index contributed by atoms with van der Waals surface area (Å²) in [4.78, 5) is 22.5. The molecule has 1 atom stereocenters. The Bertz CT molecular complexity index is 1150. The number of nitrogens with two attached hydrogens (primary N) is 1. The highest BCUT2D eigenvalue weighted by Crippen LogP contribution is 2.30. The molecule has 1 aliphatic rings. The average Bonchev–Trinajstić information content (AvgIpc) is 3.47. The van der Waals surface area contributed by atoms with E-state index >= 15 is 0 Å². The van der Waals surface area contributed by atoms with Crippen molar-refractivity contribution >= 4 is 29.3 Å². The van der Waals surface area contributed by atoms with E-state index in [2.05, 4.69) is 15.0 Å². The second-order valence-electron chi connectivity index (χ2n) is 6.79. The zero-order valence-electron chi connectivity index (χ0n) is 15.7.